The van der Waals surface area contributed by atoms with Crippen molar-refractivity contribution >= 4 is 17.8 Å². The van der Waals surface area contributed by atoms with Crippen molar-refractivity contribution in [3.05, 3.63) is 0 Å². The van der Waals surface area contributed by atoms with Crippen LogP contribution in [-0.2, 0) is 14.4 Å². The van der Waals surface area contributed by atoms with Crippen molar-refractivity contribution in [3.63, 3.8) is 0 Å². The molecule has 0 aliphatic carbocycles. The number of carboxylic acids is 2. The van der Waals surface area contributed by atoms with Crippen LogP contribution in [0.4, 0.5) is 0 Å². The second-order valence-corrected chi connectivity index (χ2v) is 4.04. The van der Waals surface area contributed by atoms with Crippen LogP contribution in [0.1, 0.15) is 38.5 Å². The fraction of sp³-hybridized carbons (Fsp3) is 0.727. The summed E-state index contributed by atoms with van der Waals surface area (Å²) in [6.07, 6.45) is 2.17. The Hall–Kier alpha value is -1.63. The fourth-order valence-electron chi connectivity index (χ4n) is 1.33. The summed E-state index contributed by atoms with van der Waals surface area (Å²) < 4.78 is 0. The second kappa shape index (κ2) is 9.41. The molecule has 0 aliphatic heterocycles. The minimum atomic E-state index is -1.02. The highest BCUT2D eigenvalue weighted by atomic mass is 16.4. The van der Waals surface area contributed by atoms with Gasteiger partial charge in [0.15, 0.2) is 0 Å². The minimum absolute atomic E-state index is 0.0130. The summed E-state index contributed by atoms with van der Waals surface area (Å²) in [5, 5.41) is 19.5. The van der Waals surface area contributed by atoms with Crippen molar-refractivity contribution < 1.29 is 24.6 Å². The van der Waals surface area contributed by atoms with Crippen molar-refractivity contribution in [1.29, 1.82) is 0 Å². The predicted octanol–water partition coefficient (Wildman–Crippen LogP) is -0.0603. The first-order chi connectivity index (χ1) is 8.43. The number of rotatable bonds is 10. The van der Waals surface area contributed by atoms with Gasteiger partial charge in [-0.1, -0.05) is 0 Å². The maximum absolute atomic E-state index is 11.2. The first-order valence-electron chi connectivity index (χ1n) is 5.90. The molecule has 0 unspecified atom stereocenters. The predicted molar refractivity (Wildman–Crippen MR) is 64.0 cm³/mol. The van der Waals surface area contributed by atoms with Crippen LogP contribution in [0.3, 0.4) is 0 Å². The van der Waals surface area contributed by atoms with Crippen LogP contribution in [0.5, 0.6) is 0 Å². The lowest BCUT2D eigenvalue weighted by molar-refractivity contribution is -0.139. The van der Waals surface area contributed by atoms with Gasteiger partial charge >= 0.3 is 11.9 Å². The largest absolute Gasteiger partial charge is 0.481 e. The zero-order chi connectivity index (χ0) is 14.0. The van der Waals surface area contributed by atoms with Gasteiger partial charge in [0.1, 0.15) is 6.04 Å². The number of aliphatic carboxylic acids is 2. The van der Waals surface area contributed by atoms with E-state index in [1.54, 1.807) is 0 Å². The topological polar surface area (TPSA) is 130 Å². The van der Waals surface area contributed by atoms with Gasteiger partial charge in [0.25, 0.3) is 0 Å². The number of nitrogens with two attached hydrogens (primary N) is 1. The van der Waals surface area contributed by atoms with Crippen LogP contribution in [0.25, 0.3) is 0 Å². The summed E-state index contributed by atoms with van der Waals surface area (Å²) >= 11 is 0. The van der Waals surface area contributed by atoms with Crippen LogP contribution in [-0.4, -0.2) is 40.6 Å². The number of carbonyl (C=O) groups is 3. The average Bonchev–Trinajstić information content (AvgIpc) is 2.27. The summed E-state index contributed by atoms with van der Waals surface area (Å²) in [5.74, 6) is -2.11. The van der Waals surface area contributed by atoms with E-state index in [2.05, 4.69) is 5.32 Å². The van der Waals surface area contributed by atoms with E-state index in [4.69, 9.17) is 15.9 Å². The van der Waals surface area contributed by atoms with Crippen LogP contribution in [0.2, 0.25) is 0 Å². The highest BCUT2D eigenvalue weighted by Crippen LogP contribution is 1.99. The summed E-state index contributed by atoms with van der Waals surface area (Å²) in [6.45, 7) is 0.457. The standard InChI is InChI=1S/C11H20N2O5/c12-8(11(17)18)4-1-2-7-13-9(14)5-3-6-10(15)16/h8H,1-7,12H2,(H,13,14)(H,15,16)(H,17,18)/t8-/m0/s1. The number of carbonyl (C=O) groups excluding carboxylic acids is 1. The third kappa shape index (κ3) is 9.59. The first kappa shape index (κ1) is 16.4. The normalized spacial score (nSPS) is 11.8. The van der Waals surface area contributed by atoms with Gasteiger partial charge in [-0.3, -0.25) is 14.4 Å². The molecule has 0 aromatic carbocycles. The summed E-state index contributed by atoms with van der Waals surface area (Å²) in [7, 11) is 0. The van der Waals surface area contributed by atoms with Crippen molar-refractivity contribution in [2.24, 2.45) is 5.73 Å². The van der Waals surface area contributed by atoms with Crippen LogP contribution in [0.15, 0.2) is 0 Å². The van der Waals surface area contributed by atoms with Crippen LogP contribution >= 0.6 is 0 Å². The van der Waals surface area contributed by atoms with E-state index in [1.807, 2.05) is 0 Å². The van der Waals surface area contributed by atoms with E-state index in [9.17, 15) is 14.4 Å². The molecule has 0 aromatic rings. The van der Waals surface area contributed by atoms with E-state index in [-0.39, 0.29) is 18.7 Å². The SMILES string of the molecule is N[C@@H](CCCCNC(=O)CCCC(=O)O)C(=O)O. The lowest BCUT2D eigenvalue weighted by Gasteiger charge is -2.07. The van der Waals surface area contributed by atoms with E-state index in [1.165, 1.54) is 0 Å². The van der Waals surface area contributed by atoms with Gasteiger partial charge in [0.05, 0.1) is 0 Å². The Bertz CT molecular complexity index is 293. The van der Waals surface area contributed by atoms with E-state index in [0.717, 1.165) is 0 Å². The Labute approximate surface area is 105 Å². The van der Waals surface area contributed by atoms with E-state index in [0.29, 0.717) is 32.2 Å². The lowest BCUT2D eigenvalue weighted by atomic mass is 10.1. The van der Waals surface area contributed by atoms with Gasteiger partial charge in [0.2, 0.25) is 5.91 Å². The molecule has 0 rings (SSSR count). The second-order valence-electron chi connectivity index (χ2n) is 4.04. The molecule has 7 nitrogen and oxygen atoms in total. The van der Waals surface area contributed by atoms with Crippen molar-refractivity contribution in [3.8, 4) is 0 Å². The zero-order valence-corrected chi connectivity index (χ0v) is 10.2. The molecule has 5 N–H and O–H groups in total. The van der Waals surface area contributed by atoms with Crippen LogP contribution in [0, 0.1) is 0 Å². The molecular formula is C11H20N2O5. The Morgan fingerprint density at radius 2 is 1.72 bits per heavy atom. The van der Waals surface area contributed by atoms with E-state index >= 15 is 0 Å². The van der Waals surface area contributed by atoms with Gasteiger partial charge in [-0.15, -0.1) is 0 Å². The molecule has 0 spiro atoms. The van der Waals surface area contributed by atoms with Crippen molar-refractivity contribution in [2.45, 2.75) is 44.6 Å². The number of nitrogens with one attached hydrogen (secondary N) is 1. The van der Waals surface area contributed by atoms with Crippen LogP contribution < -0.4 is 11.1 Å². The molecule has 1 amide bonds. The molecule has 0 radical (unpaired) electrons. The molecule has 0 saturated heterocycles. The third-order valence-electron chi connectivity index (χ3n) is 2.38. The van der Waals surface area contributed by atoms with Gasteiger partial charge < -0.3 is 21.3 Å². The number of carboxylic acid groups (broad SMARTS) is 2. The monoisotopic (exact) mass is 260 g/mol. The zero-order valence-electron chi connectivity index (χ0n) is 10.2. The maximum Gasteiger partial charge on any atom is 0.320 e. The Morgan fingerprint density at radius 1 is 1.06 bits per heavy atom. The number of unbranched alkanes of at least 4 members (excludes halogenated alkanes) is 1. The number of hydrogen-bond acceptors (Lipinski definition) is 4. The Morgan fingerprint density at radius 3 is 2.28 bits per heavy atom. The first-order valence-corrected chi connectivity index (χ1v) is 5.90. The number of amides is 1. The molecule has 0 heterocycles. The molecule has 1 atom stereocenters. The molecule has 0 aromatic heterocycles. The van der Waals surface area contributed by atoms with E-state index < -0.39 is 18.0 Å². The average molecular weight is 260 g/mol. The van der Waals surface area contributed by atoms with Gasteiger partial charge in [0, 0.05) is 19.4 Å². The molecule has 0 fully saturated rings. The molecule has 0 saturated carbocycles. The Kier molecular flexibility index (Phi) is 8.55. The third-order valence-corrected chi connectivity index (χ3v) is 2.38. The molecule has 0 bridgehead atoms. The quantitative estimate of drug-likeness (QED) is 0.407. The van der Waals surface area contributed by atoms with Crippen molar-refractivity contribution in [1.82, 2.24) is 5.32 Å². The summed E-state index contributed by atoms with van der Waals surface area (Å²) in [6, 6.07) is -0.851. The van der Waals surface area contributed by atoms with Crippen molar-refractivity contribution in [2.75, 3.05) is 6.54 Å². The van der Waals surface area contributed by atoms with Gasteiger partial charge in [-0.2, -0.15) is 0 Å². The summed E-state index contributed by atoms with van der Waals surface area (Å²) in [5.41, 5.74) is 5.31. The molecule has 18 heavy (non-hydrogen) atoms. The molecular weight excluding hydrogens is 240 g/mol. The van der Waals surface area contributed by atoms with Gasteiger partial charge in [-0.05, 0) is 25.7 Å². The number of hydrogen-bond donors (Lipinski definition) is 4. The molecule has 0 aliphatic rings. The molecule has 104 valence electrons. The van der Waals surface area contributed by atoms with Gasteiger partial charge in [-0.25, -0.2) is 0 Å². The summed E-state index contributed by atoms with van der Waals surface area (Å²) in [4.78, 5) is 31.8. The maximum atomic E-state index is 11.2. The Balaban J connectivity index is 3.40. The molecule has 7 heteroatoms. The smallest absolute Gasteiger partial charge is 0.320 e. The highest BCUT2D eigenvalue weighted by molar-refractivity contribution is 5.76. The highest BCUT2D eigenvalue weighted by Gasteiger charge is 2.10. The minimum Gasteiger partial charge on any atom is -0.481 e. The lowest BCUT2D eigenvalue weighted by Crippen LogP contribution is -2.30. The fourth-order valence-corrected chi connectivity index (χ4v) is 1.33.